The second-order valence-electron chi connectivity index (χ2n) is 1.30. The maximum absolute atomic E-state index is 10.5. The predicted molar refractivity (Wildman–Crippen MR) is 29.1 cm³/mol. The first kappa shape index (κ1) is 4.59. The highest BCUT2D eigenvalue weighted by molar-refractivity contribution is 7.98. The molecule has 1 aliphatic heterocycles. The Morgan fingerprint density at radius 2 is 1.71 bits per heavy atom. The molecule has 0 amide bonds. The van der Waals surface area contributed by atoms with Crippen LogP contribution in [0.2, 0.25) is 0 Å². The summed E-state index contributed by atoms with van der Waals surface area (Å²) < 4.78 is 17.3. The van der Waals surface area contributed by atoms with E-state index < -0.39 is 9.73 Å². The van der Waals surface area contributed by atoms with Crippen molar-refractivity contribution < 1.29 is 4.21 Å². The van der Waals surface area contributed by atoms with Crippen molar-refractivity contribution in [2.24, 2.45) is 0 Å². The minimum absolute atomic E-state index is 1.38. The van der Waals surface area contributed by atoms with Crippen molar-refractivity contribution >= 4 is 9.73 Å². The van der Waals surface area contributed by atoms with E-state index in [1.807, 2.05) is 0 Å². The third kappa shape index (κ3) is 0.899. The number of hydrogen-bond acceptors (Lipinski definition) is 2. The largest absolute Gasteiger partial charge is 0.246 e. The summed E-state index contributed by atoms with van der Waals surface area (Å²) in [6, 6.07) is 0. The lowest BCUT2D eigenvalue weighted by Gasteiger charge is -1.79. The quantitative estimate of drug-likeness (QED) is 0.504. The molecular formula is C4H5NOS. The molecule has 0 aromatic heterocycles. The van der Waals surface area contributed by atoms with E-state index in [0.717, 1.165) is 0 Å². The lowest BCUT2D eigenvalue weighted by atomic mass is 10.6. The fraction of sp³-hybridized carbons (Fsp3) is 0. The van der Waals surface area contributed by atoms with Crippen LogP contribution in [-0.2, 0) is 9.73 Å². The summed E-state index contributed by atoms with van der Waals surface area (Å²) in [4.78, 5) is 0. The lowest BCUT2D eigenvalue weighted by Crippen LogP contribution is -1.76. The zero-order valence-corrected chi connectivity index (χ0v) is 4.44. The standard InChI is InChI=1S/C4H5NOS/c5-7(6)3-1-2-4-7/h1-5H. The Morgan fingerprint density at radius 3 is 1.86 bits per heavy atom. The van der Waals surface area contributed by atoms with E-state index in [4.69, 9.17) is 4.78 Å². The van der Waals surface area contributed by atoms with E-state index in [1.165, 1.54) is 10.8 Å². The first-order valence-corrected chi connectivity index (χ1v) is 3.53. The van der Waals surface area contributed by atoms with Crippen molar-refractivity contribution in [3.8, 4) is 0 Å². The van der Waals surface area contributed by atoms with Crippen LogP contribution >= 0.6 is 0 Å². The molecule has 1 rings (SSSR count). The van der Waals surface area contributed by atoms with Crippen LogP contribution in [0.15, 0.2) is 23.0 Å². The van der Waals surface area contributed by atoms with Crippen LogP contribution in [0.5, 0.6) is 0 Å². The van der Waals surface area contributed by atoms with Crippen LogP contribution in [0.3, 0.4) is 0 Å². The van der Waals surface area contributed by atoms with Gasteiger partial charge in [-0.05, 0) is 0 Å². The van der Waals surface area contributed by atoms with Gasteiger partial charge in [-0.15, -0.1) is 0 Å². The maximum atomic E-state index is 10.5. The molecule has 38 valence electrons. The minimum Gasteiger partial charge on any atom is -0.246 e. The van der Waals surface area contributed by atoms with Crippen molar-refractivity contribution in [1.82, 2.24) is 0 Å². The van der Waals surface area contributed by atoms with Gasteiger partial charge in [0.05, 0.1) is 9.73 Å². The molecule has 0 atom stereocenters. The molecule has 0 spiro atoms. The zero-order chi connectivity index (χ0) is 5.33. The summed E-state index contributed by atoms with van der Waals surface area (Å²) in [5.41, 5.74) is 0. The summed E-state index contributed by atoms with van der Waals surface area (Å²) in [5, 5.41) is 2.76. The van der Waals surface area contributed by atoms with Crippen LogP contribution in [0, 0.1) is 4.78 Å². The molecule has 0 aromatic rings. The average Bonchev–Trinajstić information content (AvgIpc) is 1.84. The van der Waals surface area contributed by atoms with Crippen LogP contribution in [0.1, 0.15) is 0 Å². The molecular weight excluding hydrogens is 110 g/mol. The third-order valence-electron chi connectivity index (χ3n) is 0.673. The highest BCUT2D eigenvalue weighted by Crippen LogP contribution is 2.02. The van der Waals surface area contributed by atoms with Gasteiger partial charge in [0.2, 0.25) is 0 Å². The van der Waals surface area contributed by atoms with Crippen LogP contribution in [-0.4, -0.2) is 4.21 Å². The molecule has 0 fully saturated rings. The first-order chi connectivity index (χ1) is 3.21. The zero-order valence-electron chi connectivity index (χ0n) is 3.63. The Labute approximate surface area is 42.5 Å². The summed E-state index contributed by atoms with van der Waals surface area (Å²) in [5.74, 6) is 0. The molecule has 0 aromatic carbocycles. The van der Waals surface area contributed by atoms with E-state index in [9.17, 15) is 4.21 Å². The Morgan fingerprint density at radius 1 is 1.29 bits per heavy atom. The van der Waals surface area contributed by atoms with Crippen molar-refractivity contribution in [1.29, 1.82) is 4.78 Å². The molecule has 0 saturated carbocycles. The van der Waals surface area contributed by atoms with E-state index in [1.54, 1.807) is 12.2 Å². The molecule has 2 nitrogen and oxygen atoms in total. The Bertz CT molecular complexity index is 192. The second-order valence-corrected chi connectivity index (χ2v) is 3.14. The third-order valence-corrected chi connectivity index (χ3v) is 1.80. The SMILES string of the molecule is N=S1(=O)C=CC=C1. The number of allylic oxidation sites excluding steroid dienone is 2. The normalized spacial score (nSPS) is 23.4. The predicted octanol–water partition coefficient (Wildman–Crippen LogP) is 1.07. The van der Waals surface area contributed by atoms with Gasteiger partial charge >= 0.3 is 0 Å². The van der Waals surface area contributed by atoms with Crippen LogP contribution < -0.4 is 0 Å². The van der Waals surface area contributed by atoms with E-state index in [2.05, 4.69) is 0 Å². The molecule has 3 heteroatoms. The van der Waals surface area contributed by atoms with Gasteiger partial charge < -0.3 is 0 Å². The Hall–Kier alpha value is -0.570. The summed E-state index contributed by atoms with van der Waals surface area (Å²) >= 11 is 0. The Kier molecular flexibility index (Phi) is 0.785. The van der Waals surface area contributed by atoms with E-state index >= 15 is 0 Å². The van der Waals surface area contributed by atoms with Gasteiger partial charge in [0.1, 0.15) is 0 Å². The van der Waals surface area contributed by atoms with E-state index in [-0.39, 0.29) is 0 Å². The molecule has 1 aliphatic rings. The first-order valence-electron chi connectivity index (χ1n) is 1.84. The van der Waals surface area contributed by atoms with Gasteiger partial charge in [0, 0.05) is 10.8 Å². The van der Waals surface area contributed by atoms with Crippen molar-refractivity contribution in [3.05, 3.63) is 23.0 Å². The van der Waals surface area contributed by atoms with Gasteiger partial charge in [0.25, 0.3) is 0 Å². The average molecular weight is 115 g/mol. The molecule has 0 saturated heterocycles. The highest BCUT2D eigenvalue weighted by Gasteiger charge is 1.95. The summed E-state index contributed by atoms with van der Waals surface area (Å²) in [6.07, 6.45) is 3.24. The van der Waals surface area contributed by atoms with Crippen molar-refractivity contribution in [3.63, 3.8) is 0 Å². The van der Waals surface area contributed by atoms with E-state index in [0.29, 0.717) is 0 Å². The topological polar surface area (TPSA) is 40.9 Å². The molecule has 0 bridgehead atoms. The van der Waals surface area contributed by atoms with Gasteiger partial charge in [-0.25, -0.2) is 8.99 Å². The van der Waals surface area contributed by atoms with Crippen LogP contribution in [0.4, 0.5) is 0 Å². The monoisotopic (exact) mass is 115 g/mol. The number of rotatable bonds is 0. The van der Waals surface area contributed by atoms with Gasteiger partial charge in [-0.1, -0.05) is 12.2 Å². The highest BCUT2D eigenvalue weighted by atomic mass is 32.2. The minimum atomic E-state index is -2.41. The van der Waals surface area contributed by atoms with Gasteiger partial charge in [-0.2, -0.15) is 0 Å². The Balaban J connectivity index is 3.25. The summed E-state index contributed by atoms with van der Waals surface area (Å²) in [6.45, 7) is 0. The fourth-order valence-corrected chi connectivity index (χ4v) is 1.11. The second kappa shape index (κ2) is 1.20. The van der Waals surface area contributed by atoms with Gasteiger partial charge in [0.15, 0.2) is 0 Å². The maximum Gasteiger partial charge on any atom is 0.0874 e. The number of hydrogen-bond donors (Lipinski definition) is 1. The lowest BCUT2D eigenvalue weighted by molar-refractivity contribution is 0.686. The van der Waals surface area contributed by atoms with Crippen molar-refractivity contribution in [2.75, 3.05) is 0 Å². The molecule has 1 heterocycles. The molecule has 0 aliphatic carbocycles. The molecule has 7 heavy (non-hydrogen) atoms. The van der Waals surface area contributed by atoms with Crippen molar-refractivity contribution in [2.45, 2.75) is 0 Å². The fourth-order valence-electron chi connectivity index (χ4n) is 0.370. The number of nitrogens with one attached hydrogen (secondary N) is 1. The smallest absolute Gasteiger partial charge is 0.0874 e. The molecule has 1 N–H and O–H groups in total. The molecule has 0 unspecified atom stereocenters. The molecule has 0 radical (unpaired) electrons. The van der Waals surface area contributed by atoms with Gasteiger partial charge in [-0.3, -0.25) is 0 Å². The summed E-state index contributed by atoms with van der Waals surface area (Å²) in [7, 11) is -2.41. The van der Waals surface area contributed by atoms with Crippen LogP contribution in [0.25, 0.3) is 0 Å².